The number of fused-ring (bicyclic) bond motifs is 1. The molecule has 0 radical (unpaired) electrons. The van der Waals surface area contributed by atoms with E-state index in [9.17, 15) is 13.6 Å². The van der Waals surface area contributed by atoms with Crippen molar-refractivity contribution in [3.8, 4) is 11.1 Å². The molecule has 0 bridgehead atoms. The number of alkyl halides is 2. The molecule has 2 aliphatic rings. The van der Waals surface area contributed by atoms with Crippen molar-refractivity contribution in [3.05, 3.63) is 81.7 Å². The second-order valence-corrected chi connectivity index (χ2v) is 11.4. The molecule has 3 heterocycles. The molecule has 1 saturated carbocycles. The zero-order chi connectivity index (χ0) is 26.7. The quantitative estimate of drug-likeness (QED) is 0.332. The third-order valence-corrected chi connectivity index (χ3v) is 8.25. The number of benzene rings is 2. The summed E-state index contributed by atoms with van der Waals surface area (Å²) in [5.74, 6) is -1.60. The van der Waals surface area contributed by atoms with Crippen molar-refractivity contribution in [1.29, 1.82) is 0 Å². The smallest absolute Gasteiger partial charge is 0.250 e. The Bertz CT molecular complexity index is 1570. The van der Waals surface area contributed by atoms with Gasteiger partial charge >= 0.3 is 0 Å². The van der Waals surface area contributed by atoms with Crippen molar-refractivity contribution in [1.82, 2.24) is 19.7 Å². The predicted octanol–water partition coefficient (Wildman–Crippen LogP) is 5.84. The van der Waals surface area contributed by atoms with Gasteiger partial charge in [-0.15, -0.1) is 10.2 Å². The molecule has 2 fully saturated rings. The van der Waals surface area contributed by atoms with Gasteiger partial charge < -0.3 is 8.98 Å². The third kappa shape index (κ3) is 4.25. The van der Waals surface area contributed by atoms with Crippen LogP contribution >= 0.6 is 0 Å². The van der Waals surface area contributed by atoms with E-state index in [0.717, 1.165) is 30.8 Å². The molecule has 6 rings (SSSR count). The molecular weight excluding hydrogens is 486 g/mol. The minimum absolute atomic E-state index is 0.119. The van der Waals surface area contributed by atoms with Crippen LogP contribution in [0.3, 0.4) is 0 Å². The topological polar surface area (TPSA) is 64.2 Å². The highest BCUT2D eigenvalue weighted by Crippen LogP contribution is 2.56. The molecule has 1 atom stereocenters. The van der Waals surface area contributed by atoms with Gasteiger partial charge in [-0.2, -0.15) is 0 Å². The summed E-state index contributed by atoms with van der Waals surface area (Å²) in [6.07, 6.45) is 4.78. The Kier molecular flexibility index (Phi) is 5.98. The number of aryl methyl sites for hydroxylation is 2. The molecule has 0 unspecified atom stereocenters. The van der Waals surface area contributed by atoms with Crippen LogP contribution < -0.4 is 5.43 Å². The van der Waals surface area contributed by atoms with Crippen LogP contribution in [0.4, 0.5) is 8.78 Å². The highest BCUT2D eigenvalue weighted by Gasteiger charge is 2.60. The number of nitrogens with zero attached hydrogens (tertiary/aromatic N) is 4. The maximum Gasteiger partial charge on any atom is 0.250 e. The van der Waals surface area contributed by atoms with Gasteiger partial charge in [-0.3, -0.25) is 9.69 Å². The molecule has 0 amide bonds. The second kappa shape index (κ2) is 9.12. The zero-order valence-corrected chi connectivity index (χ0v) is 22.0. The van der Waals surface area contributed by atoms with Crippen LogP contribution in [0.1, 0.15) is 55.1 Å². The van der Waals surface area contributed by atoms with E-state index < -0.39 is 11.3 Å². The number of rotatable bonds is 5. The average molecular weight is 519 g/mol. The molecule has 0 spiro atoms. The first kappa shape index (κ1) is 24.9. The number of aromatic nitrogens is 3. The van der Waals surface area contributed by atoms with Gasteiger partial charge in [0.15, 0.2) is 0 Å². The van der Waals surface area contributed by atoms with Crippen LogP contribution in [0.25, 0.3) is 22.1 Å². The SMILES string of the molecule is Cc1cc(CN2CCC[C@H](C)C2)cc2c(=O)c(-c3cccc(C4(c5nncn5C)CC(F)(F)C4)c3)coc12. The maximum absolute atomic E-state index is 14.2. The fourth-order valence-electron chi connectivity index (χ4n) is 6.49. The van der Waals surface area contributed by atoms with Gasteiger partial charge in [0.1, 0.15) is 24.0 Å². The zero-order valence-electron chi connectivity index (χ0n) is 22.0. The van der Waals surface area contributed by atoms with Crippen LogP contribution in [0, 0.1) is 12.8 Å². The minimum Gasteiger partial charge on any atom is -0.463 e. The van der Waals surface area contributed by atoms with Crippen molar-refractivity contribution in [3.63, 3.8) is 0 Å². The number of halogens is 2. The standard InChI is InChI=1S/C30H32F2N4O2/c1-19-6-5-9-36(13-19)14-21-10-20(2)27-24(11-21)26(37)25(15-38-27)22-7-4-8-23(12-22)29(16-30(31,32)17-29)28-34-33-18-35(28)3/h4,7-8,10-12,15,18-19H,5-6,9,13-14,16-17H2,1-3H3/t19-/m0/s1. The molecule has 1 aliphatic heterocycles. The minimum atomic E-state index is -2.77. The van der Waals surface area contributed by atoms with Gasteiger partial charge in [0.25, 0.3) is 5.92 Å². The molecule has 38 heavy (non-hydrogen) atoms. The Labute approximate surface area is 220 Å². The Balaban J connectivity index is 1.40. The van der Waals surface area contributed by atoms with Gasteiger partial charge in [0.2, 0.25) is 5.43 Å². The highest BCUT2D eigenvalue weighted by molar-refractivity contribution is 5.84. The molecule has 4 aromatic rings. The number of piperidine rings is 1. The summed E-state index contributed by atoms with van der Waals surface area (Å²) in [4.78, 5) is 16.2. The summed E-state index contributed by atoms with van der Waals surface area (Å²) in [5, 5.41) is 8.66. The normalized spacial score (nSPS) is 20.9. The summed E-state index contributed by atoms with van der Waals surface area (Å²) < 4.78 is 36.2. The first-order valence-electron chi connectivity index (χ1n) is 13.3. The van der Waals surface area contributed by atoms with E-state index >= 15 is 0 Å². The Morgan fingerprint density at radius 2 is 2.00 bits per heavy atom. The summed E-state index contributed by atoms with van der Waals surface area (Å²) in [6.45, 7) is 7.18. The average Bonchev–Trinajstić information content (AvgIpc) is 3.29. The van der Waals surface area contributed by atoms with Crippen LogP contribution in [0.15, 0.2) is 58.2 Å². The lowest BCUT2D eigenvalue weighted by Crippen LogP contribution is -2.51. The Morgan fingerprint density at radius 3 is 2.71 bits per heavy atom. The molecule has 1 saturated heterocycles. The third-order valence-electron chi connectivity index (χ3n) is 8.25. The molecule has 8 heteroatoms. The van der Waals surface area contributed by atoms with Gasteiger partial charge in [-0.1, -0.05) is 31.2 Å². The Hall–Kier alpha value is -3.39. The molecule has 0 N–H and O–H groups in total. The van der Waals surface area contributed by atoms with Crippen molar-refractivity contribution in [2.45, 2.75) is 57.4 Å². The maximum atomic E-state index is 14.2. The van der Waals surface area contributed by atoms with E-state index in [0.29, 0.717) is 39.4 Å². The van der Waals surface area contributed by atoms with Gasteiger partial charge in [-0.25, -0.2) is 8.78 Å². The number of hydrogen-bond acceptors (Lipinski definition) is 5. The Morgan fingerprint density at radius 1 is 1.18 bits per heavy atom. The van der Waals surface area contributed by atoms with E-state index in [1.807, 2.05) is 37.3 Å². The number of hydrogen-bond donors (Lipinski definition) is 0. The van der Waals surface area contributed by atoms with Gasteiger partial charge in [-0.05, 0) is 66.6 Å². The van der Waals surface area contributed by atoms with Crippen molar-refractivity contribution < 1.29 is 13.2 Å². The van der Waals surface area contributed by atoms with E-state index in [1.54, 1.807) is 11.6 Å². The van der Waals surface area contributed by atoms with Crippen LogP contribution in [-0.2, 0) is 19.0 Å². The first-order chi connectivity index (χ1) is 18.1. The monoisotopic (exact) mass is 518 g/mol. The lowest BCUT2D eigenvalue weighted by Gasteiger charge is -2.46. The van der Waals surface area contributed by atoms with E-state index in [1.165, 1.54) is 25.4 Å². The number of likely N-dealkylation sites (tertiary alicyclic amines) is 1. The largest absolute Gasteiger partial charge is 0.463 e. The first-order valence-corrected chi connectivity index (χ1v) is 13.3. The molecule has 2 aromatic heterocycles. The summed E-state index contributed by atoms with van der Waals surface area (Å²) in [6, 6.07) is 11.4. The van der Waals surface area contributed by atoms with Crippen molar-refractivity contribution >= 4 is 11.0 Å². The highest BCUT2D eigenvalue weighted by atomic mass is 19.3. The molecule has 1 aliphatic carbocycles. The van der Waals surface area contributed by atoms with Crippen LogP contribution in [0.5, 0.6) is 0 Å². The molecular formula is C30H32F2N4O2. The fraction of sp³-hybridized carbons (Fsp3) is 0.433. The van der Waals surface area contributed by atoms with Crippen LogP contribution in [0.2, 0.25) is 0 Å². The van der Waals surface area contributed by atoms with E-state index in [2.05, 4.69) is 28.1 Å². The van der Waals surface area contributed by atoms with E-state index in [-0.39, 0.29) is 18.3 Å². The molecule has 6 nitrogen and oxygen atoms in total. The molecule has 2 aromatic carbocycles. The van der Waals surface area contributed by atoms with Crippen LogP contribution in [-0.4, -0.2) is 38.7 Å². The van der Waals surface area contributed by atoms with Crippen molar-refractivity contribution in [2.75, 3.05) is 13.1 Å². The summed E-state index contributed by atoms with van der Waals surface area (Å²) >= 11 is 0. The van der Waals surface area contributed by atoms with Crippen molar-refractivity contribution in [2.24, 2.45) is 13.0 Å². The molecule has 198 valence electrons. The second-order valence-electron chi connectivity index (χ2n) is 11.4. The lowest BCUT2D eigenvalue weighted by molar-refractivity contribution is -0.116. The summed E-state index contributed by atoms with van der Waals surface area (Å²) in [5.41, 5.74) is 3.28. The summed E-state index contributed by atoms with van der Waals surface area (Å²) in [7, 11) is 1.76. The van der Waals surface area contributed by atoms with Gasteiger partial charge in [0, 0.05) is 33.0 Å². The van der Waals surface area contributed by atoms with Gasteiger partial charge in [0.05, 0.1) is 16.4 Å². The van der Waals surface area contributed by atoms with E-state index in [4.69, 9.17) is 4.42 Å². The fourth-order valence-corrected chi connectivity index (χ4v) is 6.49. The lowest BCUT2D eigenvalue weighted by atomic mass is 9.61. The predicted molar refractivity (Wildman–Crippen MR) is 142 cm³/mol.